The summed E-state index contributed by atoms with van der Waals surface area (Å²) in [5, 5.41) is 2.62. The third kappa shape index (κ3) is 4.79. The molecule has 3 aromatic rings. The Balaban J connectivity index is 1.82. The van der Waals surface area contributed by atoms with E-state index in [9.17, 15) is 30.8 Å². The largest absolute Gasteiger partial charge is 0.443 e. The fraction of sp³-hybridized carbons (Fsp3) is 0.111. The number of aromatic nitrogens is 1. The van der Waals surface area contributed by atoms with Crippen molar-refractivity contribution in [1.29, 1.82) is 0 Å². The molecule has 0 bridgehead atoms. The van der Waals surface area contributed by atoms with Crippen LogP contribution in [0.3, 0.4) is 0 Å². The van der Waals surface area contributed by atoms with Gasteiger partial charge in [-0.25, -0.2) is 17.8 Å². The van der Waals surface area contributed by atoms with Crippen molar-refractivity contribution in [1.82, 2.24) is 4.98 Å². The van der Waals surface area contributed by atoms with Crippen LogP contribution >= 0.6 is 22.9 Å². The predicted octanol–water partition coefficient (Wildman–Crippen LogP) is 5.28. The molecule has 0 aliphatic carbocycles. The van der Waals surface area contributed by atoms with Crippen molar-refractivity contribution in [3.05, 3.63) is 63.2 Å². The average Bonchev–Trinajstić information content (AvgIpc) is 3.11. The summed E-state index contributed by atoms with van der Waals surface area (Å²) >= 11 is 6.54. The number of amides is 1. The fourth-order valence-electron chi connectivity index (χ4n) is 2.44. The molecule has 158 valence electrons. The molecule has 2 aromatic carbocycles. The molecule has 0 saturated carbocycles. The number of hydrogen-bond acceptors (Lipinski definition) is 5. The first-order chi connectivity index (χ1) is 13.9. The van der Waals surface area contributed by atoms with Gasteiger partial charge in [-0.15, -0.1) is 11.3 Å². The molecule has 0 atom stereocenters. The van der Waals surface area contributed by atoms with E-state index in [4.69, 9.17) is 11.6 Å². The zero-order chi connectivity index (χ0) is 22.3. The van der Waals surface area contributed by atoms with Crippen LogP contribution in [0, 0.1) is 5.82 Å². The Morgan fingerprint density at radius 2 is 1.87 bits per heavy atom. The van der Waals surface area contributed by atoms with Gasteiger partial charge in [0.2, 0.25) is 0 Å². The average molecular weight is 479 g/mol. The lowest BCUT2D eigenvalue weighted by Gasteiger charge is -2.09. The molecular weight excluding hydrogens is 468 g/mol. The molecule has 0 spiro atoms. The Labute approximate surface area is 177 Å². The summed E-state index contributed by atoms with van der Waals surface area (Å²) in [5.74, 6) is -1.88. The monoisotopic (exact) mass is 478 g/mol. The minimum Gasteiger partial charge on any atom is -0.322 e. The van der Waals surface area contributed by atoms with Crippen LogP contribution in [0.5, 0.6) is 0 Å². The summed E-state index contributed by atoms with van der Waals surface area (Å²) in [6.07, 6.45) is -3.66. The number of hydrogen-bond donors (Lipinski definition) is 1. The molecule has 0 radical (unpaired) electrons. The molecular formula is C18H11ClF4N2O3S2. The van der Waals surface area contributed by atoms with E-state index in [1.54, 1.807) is 0 Å². The number of anilines is 1. The Hall–Kier alpha value is -2.50. The summed E-state index contributed by atoms with van der Waals surface area (Å²) in [5.41, 5.74) is 0.0197. The van der Waals surface area contributed by atoms with Crippen LogP contribution in [0.2, 0.25) is 5.02 Å². The van der Waals surface area contributed by atoms with E-state index in [1.807, 2.05) is 0 Å². The van der Waals surface area contributed by atoms with Crippen molar-refractivity contribution in [2.24, 2.45) is 0 Å². The van der Waals surface area contributed by atoms with Crippen molar-refractivity contribution in [3.8, 4) is 11.3 Å². The number of nitrogens with zero attached hydrogens (tertiary/aromatic N) is 1. The second-order valence-corrected chi connectivity index (χ2v) is 9.38. The number of alkyl halides is 3. The highest BCUT2D eigenvalue weighted by Gasteiger charge is 2.34. The molecule has 1 amide bonds. The maximum atomic E-state index is 14.1. The summed E-state index contributed by atoms with van der Waals surface area (Å²) in [4.78, 5) is 15.5. The van der Waals surface area contributed by atoms with Crippen LogP contribution in [0.25, 0.3) is 11.3 Å². The van der Waals surface area contributed by atoms with Crippen molar-refractivity contribution in [3.63, 3.8) is 0 Å². The number of rotatable bonds is 4. The van der Waals surface area contributed by atoms with E-state index < -0.39 is 38.3 Å². The minimum atomic E-state index is -4.57. The van der Waals surface area contributed by atoms with E-state index in [1.165, 1.54) is 23.6 Å². The summed E-state index contributed by atoms with van der Waals surface area (Å²) in [6, 6.07) is 6.89. The Bertz CT molecular complexity index is 1240. The van der Waals surface area contributed by atoms with E-state index >= 15 is 0 Å². The highest BCUT2D eigenvalue weighted by Crippen LogP contribution is 2.36. The maximum absolute atomic E-state index is 14.1. The normalized spacial score (nSPS) is 12.1. The number of carbonyl (C=O) groups excluding carboxylic acids is 1. The van der Waals surface area contributed by atoms with Crippen LogP contribution in [-0.4, -0.2) is 25.6 Å². The molecule has 0 fully saturated rings. The van der Waals surface area contributed by atoms with Gasteiger partial charge in [0.1, 0.15) is 5.82 Å². The third-order valence-corrected chi connectivity index (χ3v) is 6.17. The zero-order valence-electron chi connectivity index (χ0n) is 14.9. The van der Waals surface area contributed by atoms with Crippen molar-refractivity contribution in [2.45, 2.75) is 11.1 Å². The number of carbonyl (C=O) groups is 1. The summed E-state index contributed by atoms with van der Waals surface area (Å²) < 4.78 is 75.2. The fourth-order valence-corrected chi connectivity index (χ4v) is 4.04. The van der Waals surface area contributed by atoms with Crippen LogP contribution < -0.4 is 5.32 Å². The molecule has 0 unspecified atom stereocenters. The SMILES string of the molecule is CS(=O)(=O)c1ccc(C(=O)Nc2ccc(-c3csc(C(F)(F)F)n3)c(Cl)c2)c(F)c1. The molecule has 0 aliphatic rings. The van der Waals surface area contributed by atoms with Gasteiger partial charge in [-0.2, -0.15) is 13.2 Å². The molecule has 3 rings (SSSR count). The van der Waals surface area contributed by atoms with Crippen molar-refractivity contribution >= 4 is 44.4 Å². The molecule has 0 saturated heterocycles. The van der Waals surface area contributed by atoms with E-state index in [-0.39, 0.29) is 26.9 Å². The van der Waals surface area contributed by atoms with Crippen molar-refractivity contribution in [2.75, 3.05) is 11.6 Å². The lowest BCUT2D eigenvalue weighted by molar-refractivity contribution is -0.137. The number of halogens is 5. The second-order valence-electron chi connectivity index (χ2n) is 6.10. The van der Waals surface area contributed by atoms with Gasteiger partial charge < -0.3 is 5.32 Å². The summed E-state index contributed by atoms with van der Waals surface area (Å²) in [6.45, 7) is 0. The van der Waals surface area contributed by atoms with Gasteiger partial charge in [-0.3, -0.25) is 4.79 Å². The standard InChI is InChI=1S/C18H11ClF4N2O3S2/c1-30(27,28)10-3-5-12(14(20)7-10)16(26)24-9-2-4-11(13(19)6-9)15-8-29-17(25-15)18(21,22)23/h2-8H,1H3,(H,24,26). The lowest BCUT2D eigenvalue weighted by atomic mass is 10.1. The molecule has 1 heterocycles. The topological polar surface area (TPSA) is 76.1 Å². The number of benzene rings is 2. The van der Waals surface area contributed by atoms with E-state index in [0.717, 1.165) is 24.5 Å². The van der Waals surface area contributed by atoms with Gasteiger partial charge in [0.15, 0.2) is 14.8 Å². The highest BCUT2D eigenvalue weighted by molar-refractivity contribution is 7.90. The molecule has 12 heteroatoms. The summed E-state index contributed by atoms with van der Waals surface area (Å²) in [7, 11) is -3.64. The van der Waals surface area contributed by atoms with Gasteiger partial charge >= 0.3 is 6.18 Å². The predicted molar refractivity (Wildman–Crippen MR) is 105 cm³/mol. The lowest BCUT2D eigenvalue weighted by Crippen LogP contribution is -2.14. The second kappa shape index (κ2) is 7.97. The molecule has 1 N–H and O–H groups in total. The van der Waals surface area contributed by atoms with E-state index in [0.29, 0.717) is 11.3 Å². The highest BCUT2D eigenvalue weighted by atomic mass is 35.5. The number of nitrogens with one attached hydrogen (secondary N) is 1. The maximum Gasteiger partial charge on any atom is 0.443 e. The Morgan fingerprint density at radius 1 is 1.17 bits per heavy atom. The van der Waals surface area contributed by atoms with Crippen LogP contribution in [0.15, 0.2) is 46.7 Å². The molecule has 30 heavy (non-hydrogen) atoms. The Kier molecular flexibility index (Phi) is 5.89. The van der Waals surface area contributed by atoms with Crippen LogP contribution in [0.4, 0.5) is 23.2 Å². The van der Waals surface area contributed by atoms with Crippen molar-refractivity contribution < 1.29 is 30.8 Å². The first-order valence-corrected chi connectivity index (χ1v) is 11.1. The van der Waals surface area contributed by atoms with Gasteiger partial charge in [0.05, 0.1) is 21.2 Å². The number of sulfone groups is 1. The minimum absolute atomic E-state index is 0.0256. The smallest absolute Gasteiger partial charge is 0.322 e. The first-order valence-electron chi connectivity index (χ1n) is 8.00. The number of thiazole rings is 1. The van der Waals surface area contributed by atoms with Gasteiger partial charge in [-0.05, 0) is 36.4 Å². The van der Waals surface area contributed by atoms with E-state index in [2.05, 4.69) is 10.3 Å². The van der Waals surface area contributed by atoms with Gasteiger partial charge in [-0.1, -0.05) is 11.6 Å². The van der Waals surface area contributed by atoms with Crippen LogP contribution in [0.1, 0.15) is 15.4 Å². The van der Waals surface area contributed by atoms with Gasteiger partial charge in [0, 0.05) is 22.9 Å². The first kappa shape index (κ1) is 22.2. The van der Waals surface area contributed by atoms with Crippen LogP contribution in [-0.2, 0) is 16.0 Å². The zero-order valence-corrected chi connectivity index (χ0v) is 17.3. The molecule has 5 nitrogen and oxygen atoms in total. The van der Waals surface area contributed by atoms with Gasteiger partial charge in [0.25, 0.3) is 5.91 Å². The molecule has 0 aliphatic heterocycles. The quantitative estimate of drug-likeness (QED) is 0.518. The molecule has 1 aromatic heterocycles. The Morgan fingerprint density at radius 3 is 2.40 bits per heavy atom. The third-order valence-electron chi connectivity index (χ3n) is 3.86.